The Balaban J connectivity index is 0.000000418. The number of fused-ring (bicyclic) bond motifs is 5. The van der Waals surface area contributed by atoms with E-state index in [1.165, 1.54) is 50.9 Å². The molecule has 11 aliphatic heterocycles. The summed E-state index contributed by atoms with van der Waals surface area (Å²) in [5.74, 6) is 4.24. The summed E-state index contributed by atoms with van der Waals surface area (Å²) < 4.78 is 48.4. The van der Waals surface area contributed by atoms with Gasteiger partial charge in [0.2, 0.25) is 11.8 Å². The second-order valence-electron chi connectivity index (χ2n) is 47.9. The van der Waals surface area contributed by atoms with Crippen LogP contribution in [0.2, 0.25) is 0 Å². The molecule has 764 valence electrons. The quantitative estimate of drug-likeness (QED) is 0.139. The lowest BCUT2D eigenvalue weighted by Gasteiger charge is -2.41. The van der Waals surface area contributed by atoms with Crippen LogP contribution < -0.4 is 31.9 Å². The lowest BCUT2D eigenvalue weighted by molar-refractivity contribution is -0.174. The van der Waals surface area contributed by atoms with E-state index in [-0.39, 0.29) is 144 Å². The Morgan fingerprint density at radius 1 is 0.316 bits per heavy atom. The predicted molar refractivity (Wildman–Crippen MR) is 551 cm³/mol. The van der Waals surface area contributed by atoms with Crippen molar-refractivity contribution in [2.45, 2.75) is 449 Å². The Bertz CT molecular complexity index is 4280. The average molecular weight is 1870 g/mol. The van der Waals surface area contributed by atoms with Gasteiger partial charge in [-0.2, -0.15) is 13.2 Å². The second kappa shape index (κ2) is 46.5. The number of rotatable bonds is 7. The standard InChI is InChI=1S/C21H37N3O2.C20H33N3O2.C20H33N3O.C18H28F3N3O.C18H32N4O.5C2H6/c1-13-16(19(2,3)4)15-11-14(23-18(25)26-21(8,9)10)12-24(15)17(22-13)20(5,6)7;1-12-16(19(2,3)4)15-8-14(22-17(24)13-10-25-11-13)9-23(15)18(21-12)20(5,6)7;1-12-16(19(2,3)4)15-10-14(22-17(24)13-8-9-13)11-23(15)18(21-12)20(5,6)7;1-10-13(16(2,3)4)12-8-11(23-15(25)18(19,20)21)9-24(12)14(22-10)17(5,6)7;1-11-14(17(2,3)4)13-9-12(21-16(23)19-8)10-22(13)15(20-11)18(5,6)7;5*1-2/h13-14H,11-12H2,1-10H3,(H,23,25);12-14H,8-11H2,1-7H3,(H,22,24);12-14H,8-11H2,1-7H3,(H,22,24);10-11H,8-9H2,1-7H3,(H,23,25);11-12H,9-10H2,1-8H3,(H2,19,21,23);5*1-2H3/t13-,14-;2*12-,14-;10-,11-;11-,12+;;;;;/m00000...../s1. The van der Waals surface area contributed by atoms with Gasteiger partial charge in [0.25, 0.3) is 0 Å². The Hall–Kier alpha value is -7.25. The van der Waals surface area contributed by atoms with Gasteiger partial charge in [0.15, 0.2) is 0 Å². The maximum absolute atomic E-state index is 12.6. The molecule has 6 N–H and O–H groups in total. The number of nitrogens with one attached hydrogen (secondary N) is 6. The fourth-order valence-corrected chi connectivity index (χ4v) is 20.0. The molecule has 1 aliphatic carbocycles. The van der Waals surface area contributed by atoms with Crippen LogP contribution in [0, 0.1) is 66.0 Å². The number of urea groups is 1. The van der Waals surface area contributed by atoms with Crippen molar-refractivity contribution >= 4 is 59.0 Å². The number of nitrogens with zero attached hydrogens (tertiary/aromatic N) is 10. The number of carbonyl (C=O) groups excluding carboxylic acids is 5. The largest absolute Gasteiger partial charge is 0.471 e. The minimum Gasteiger partial charge on any atom is -0.444 e. The number of amides is 6. The number of halogens is 3. The molecule has 0 spiro atoms. The van der Waals surface area contributed by atoms with Gasteiger partial charge >= 0.3 is 24.2 Å². The van der Waals surface area contributed by atoms with Crippen molar-refractivity contribution in [2.75, 3.05) is 53.0 Å². The van der Waals surface area contributed by atoms with E-state index >= 15 is 0 Å². The van der Waals surface area contributed by atoms with Crippen LogP contribution in [0.5, 0.6) is 0 Å². The van der Waals surface area contributed by atoms with E-state index in [4.69, 9.17) is 34.4 Å². The van der Waals surface area contributed by atoms with Crippen LogP contribution in [-0.4, -0.2) is 209 Å². The van der Waals surface area contributed by atoms with Crippen molar-refractivity contribution in [2.24, 2.45) is 90.9 Å². The maximum atomic E-state index is 12.6. The lowest BCUT2D eigenvalue weighted by atomic mass is 9.79. The molecule has 0 aromatic carbocycles. The molecule has 7 fully saturated rings. The van der Waals surface area contributed by atoms with Crippen molar-refractivity contribution in [1.29, 1.82) is 0 Å². The van der Waals surface area contributed by atoms with E-state index in [0.29, 0.717) is 26.2 Å². The highest BCUT2D eigenvalue weighted by atomic mass is 19.4. The number of hydrogen-bond donors (Lipinski definition) is 6. The fourth-order valence-electron chi connectivity index (χ4n) is 20.0. The van der Waals surface area contributed by atoms with Gasteiger partial charge in [0.1, 0.15) is 34.8 Å². The molecule has 12 aliphatic rings. The molecular formula is C107H193F3N16O7. The highest BCUT2D eigenvalue weighted by Crippen LogP contribution is 2.50. The molecule has 0 unspecified atom stereocenters. The van der Waals surface area contributed by atoms with E-state index in [0.717, 1.165) is 99.3 Å². The number of carbonyl (C=O) groups is 5. The molecule has 6 saturated heterocycles. The van der Waals surface area contributed by atoms with Crippen LogP contribution in [0.3, 0.4) is 0 Å². The molecule has 10 atom stereocenters. The molecule has 6 amide bonds. The van der Waals surface area contributed by atoms with Gasteiger partial charge in [-0.05, 0) is 123 Å². The van der Waals surface area contributed by atoms with Crippen LogP contribution in [0.15, 0.2) is 81.3 Å². The minimum absolute atomic E-state index is 0.00910. The summed E-state index contributed by atoms with van der Waals surface area (Å²) in [5, 5.41) is 17.4. The monoisotopic (exact) mass is 1870 g/mol. The summed E-state index contributed by atoms with van der Waals surface area (Å²) in [5.41, 5.74) is 12.6. The van der Waals surface area contributed by atoms with E-state index in [9.17, 15) is 37.1 Å². The maximum Gasteiger partial charge on any atom is 0.471 e. The van der Waals surface area contributed by atoms with Gasteiger partial charge in [-0.25, -0.2) is 9.59 Å². The third-order valence-corrected chi connectivity index (χ3v) is 24.3. The molecule has 0 aromatic rings. The molecule has 0 bridgehead atoms. The van der Waals surface area contributed by atoms with Gasteiger partial charge in [0.05, 0.1) is 79.6 Å². The van der Waals surface area contributed by atoms with Crippen molar-refractivity contribution in [3.8, 4) is 0 Å². The Kier molecular flexibility index (Phi) is 41.9. The number of aliphatic imine (C=N–C) groups is 5. The number of alkyl halides is 3. The van der Waals surface area contributed by atoms with E-state index < -0.39 is 23.7 Å². The fraction of sp³-hybridized carbons (Fsp3) is 0.813. The summed E-state index contributed by atoms with van der Waals surface area (Å²) in [4.78, 5) is 96.4. The normalized spacial score (nSPS) is 24.3. The van der Waals surface area contributed by atoms with Crippen LogP contribution in [-0.2, 0) is 23.9 Å². The van der Waals surface area contributed by atoms with Crippen LogP contribution >= 0.6 is 0 Å². The first-order chi connectivity index (χ1) is 60.6. The van der Waals surface area contributed by atoms with Gasteiger partial charge in [-0.15, -0.1) is 0 Å². The molecule has 23 nitrogen and oxygen atoms in total. The van der Waals surface area contributed by atoms with Crippen molar-refractivity contribution in [3.05, 3.63) is 56.4 Å². The highest BCUT2D eigenvalue weighted by Gasteiger charge is 2.51. The predicted octanol–water partition coefficient (Wildman–Crippen LogP) is 23.6. The first kappa shape index (κ1) is 120. The second-order valence-corrected chi connectivity index (χ2v) is 47.9. The average Bonchev–Trinajstić information content (AvgIpc) is 1.65. The molecule has 1 saturated carbocycles. The van der Waals surface area contributed by atoms with E-state index in [1.54, 1.807) is 7.05 Å². The minimum atomic E-state index is -4.86. The SMILES string of the molecule is CC.CC.CC.CC.CC.CNC(=O)N[C@@H]1CC2=C(C(C)(C)C)[C@H](C)N=C(C(C)(C)C)N2C1.C[C@@H]1N=C(C(C)(C)C)N2C[C@@H](NC(=O)C(F)(F)F)CC2=C1C(C)(C)C.C[C@@H]1N=C(C(C)(C)C)N2C[C@@H](NC(=O)C3CC3)CC2=C1C(C)(C)C.C[C@@H]1N=C(C(C)(C)C)N2C[C@@H](NC(=O)C3COC3)CC2=C1C(C)(C)C.C[C@@H]1N=C(C(C)(C)C)N2C[C@@H](NC(=O)OC(C)(C)C)CC2=C1C(C)(C)C. The summed E-state index contributed by atoms with van der Waals surface area (Å²) in [7, 11) is 1.65. The van der Waals surface area contributed by atoms with Crippen molar-refractivity contribution in [1.82, 2.24) is 56.4 Å². The van der Waals surface area contributed by atoms with Gasteiger partial charge in [0, 0.05) is 133 Å². The Labute approximate surface area is 807 Å². The van der Waals surface area contributed by atoms with Crippen molar-refractivity contribution in [3.63, 3.8) is 0 Å². The zero-order chi connectivity index (χ0) is 103. The van der Waals surface area contributed by atoms with Crippen LogP contribution in [0.25, 0.3) is 0 Å². The number of amidine groups is 5. The summed E-state index contributed by atoms with van der Waals surface area (Å²) in [6.07, 6.45) is 0.837. The lowest BCUT2D eigenvalue weighted by Crippen LogP contribution is -2.48. The van der Waals surface area contributed by atoms with Crippen molar-refractivity contribution < 1.29 is 46.6 Å². The zero-order valence-corrected chi connectivity index (χ0v) is 93.3. The zero-order valence-electron chi connectivity index (χ0n) is 93.3. The number of alkyl carbamates (subject to hydrolysis) is 1. The molecule has 0 radical (unpaired) electrons. The summed E-state index contributed by atoms with van der Waals surface area (Å²) in [6, 6.07) is 0.562. The Morgan fingerprint density at radius 2 is 0.526 bits per heavy atom. The third kappa shape index (κ3) is 31.9. The third-order valence-electron chi connectivity index (χ3n) is 24.3. The molecule has 12 rings (SSSR count). The highest BCUT2D eigenvalue weighted by molar-refractivity contribution is 5.94. The van der Waals surface area contributed by atoms with Gasteiger partial charge in [-0.3, -0.25) is 39.3 Å². The molecule has 0 aromatic heterocycles. The molecular weight excluding hydrogens is 1680 g/mol. The molecule has 133 heavy (non-hydrogen) atoms. The number of hydrogen-bond acceptors (Lipinski definition) is 17. The topological polar surface area (TPSA) is 254 Å². The van der Waals surface area contributed by atoms with E-state index in [2.05, 4.69) is 266 Å². The van der Waals surface area contributed by atoms with Gasteiger partial charge in [-0.1, -0.05) is 277 Å². The smallest absolute Gasteiger partial charge is 0.444 e. The van der Waals surface area contributed by atoms with E-state index in [1.807, 2.05) is 123 Å². The van der Waals surface area contributed by atoms with Crippen LogP contribution in [0.1, 0.15) is 377 Å². The first-order valence-corrected chi connectivity index (χ1v) is 50.6. The molecule has 26 heteroatoms. The summed E-state index contributed by atoms with van der Waals surface area (Å²) in [6.45, 7) is 107. The molecule has 11 heterocycles. The summed E-state index contributed by atoms with van der Waals surface area (Å²) >= 11 is 0. The Morgan fingerprint density at radius 3 is 0.707 bits per heavy atom. The number of ether oxygens (including phenoxy) is 2. The van der Waals surface area contributed by atoms with Gasteiger partial charge < -0.3 is 65.9 Å². The first-order valence-electron chi connectivity index (χ1n) is 50.6. The van der Waals surface area contributed by atoms with Crippen LogP contribution in [0.4, 0.5) is 22.8 Å².